The van der Waals surface area contributed by atoms with Gasteiger partial charge in [0.2, 0.25) is 0 Å². The molecule has 0 unspecified atom stereocenters. The third-order valence-corrected chi connectivity index (χ3v) is 3.57. The summed E-state index contributed by atoms with van der Waals surface area (Å²) in [6.07, 6.45) is 1.92. The van der Waals surface area contributed by atoms with Crippen molar-refractivity contribution in [1.82, 2.24) is 10.3 Å². The number of phenols is 1. The molecule has 18 heavy (non-hydrogen) atoms. The van der Waals surface area contributed by atoms with Crippen LogP contribution in [0.25, 0.3) is 10.6 Å². The van der Waals surface area contributed by atoms with Crippen LogP contribution in [0.4, 0.5) is 0 Å². The van der Waals surface area contributed by atoms with Gasteiger partial charge in [-0.3, -0.25) is 0 Å². The maximum atomic E-state index is 9.25. The van der Waals surface area contributed by atoms with Crippen molar-refractivity contribution in [2.45, 2.75) is 20.4 Å². The molecule has 0 saturated carbocycles. The predicted molar refractivity (Wildman–Crippen MR) is 75.8 cm³/mol. The average Bonchev–Trinajstić information content (AvgIpc) is 2.78. The monoisotopic (exact) mass is 262 g/mol. The zero-order chi connectivity index (χ0) is 13.0. The number of nitrogens with one attached hydrogen (secondary N) is 1. The Hall–Kier alpha value is -1.39. The number of aromatic nitrogens is 1. The largest absolute Gasteiger partial charge is 0.508 e. The fourth-order valence-corrected chi connectivity index (χ4v) is 2.50. The van der Waals surface area contributed by atoms with E-state index in [1.807, 2.05) is 18.3 Å². The van der Waals surface area contributed by atoms with Crippen molar-refractivity contribution < 1.29 is 5.11 Å². The lowest BCUT2D eigenvalue weighted by atomic mass is 10.2. The van der Waals surface area contributed by atoms with Gasteiger partial charge in [0.1, 0.15) is 10.8 Å². The van der Waals surface area contributed by atoms with E-state index >= 15 is 0 Å². The SMILES string of the molecule is CC(C)CNCc1cnc(-c2ccc(O)cc2)s1. The molecular weight excluding hydrogens is 244 g/mol. The minimum absolute atomic E-state index is 0.286. The maximum Gasteiger partial charge on any atom is 0.123 e. The molecule has 0 atom stereocenters. The molecule has 0 bridgehead atoms. The van der Waals surface area contributed by atoms with Gasteiger partial charge < -0.3 is 10.4 Å². The van der Waals surface area contributed by atoms with Crippen LogP contribution < -0.4 is 5.32 Å². The zero-order valence-corrected chi connectivity index (χ0v) is 11.5. The van der Waals surface area contributed by atoms with Crippen molar-refractivity contribution in [2.75, 3.05) is 6.54 Å². The number of hydrogen-bond donors (Lipinski definition) is 2. The molecular formula is C14H18N2OS. The Kier molecular flexibility index (Phi) is 4.33. The van der Waals surface area contributed by atoms with E-state index in [4.69, 9.17) is 0 Å². The van der Waals surface area contributed by atoms with Crippen LogP contribution in [-0.4, -0.2) is 16.6 Å². The van der Waals surface area contributed by atoms with Gasteiger partial charge in [0, 0.05) is 23.2 Å². The first-order valence-corrected chi connectivity index (χ1v) is 6.91. The summed E-state index contributed by atoms with van der Waals surface area (Å²) in [6, 6.07) is 7.15. The summed E-state index contributed by atoms with van der Waals surface area (Å²) in [5, 5.41) is 13.7. The highest BCUT2D eigenvalue weighted by Crippen LogP contribution is 2.26. The maximum absolute atomic E-state index is 9.25. The second-order valence-electron chi connectivity index (χ2n) is 4.70. The van der Waals surface area contributed by atoms with E-state index in [2.05, 4.69) is 24.1 Å². The number of benzene rings is 1. The summed E-state index contributed by atoms with van der Waals surface area (Å²) in [5.41, 5.74) is 1.05. The van der Waals surface area contributed by atoms with Crippen LogP contribution in [0.5, 0.6) is 5.75 Å². The Bertz CT molecular complexity index is 491. The van der Waals surface area contributed by atoms with Crippen molar-refractivity contribution in [3.63, 3.8) is 0 Å². The van der Waals surface area contributed by atoms with Crippen LogP contribution in [0, 0.1) is 5.92 Å². The molecule has 3 nitrogen and oxygen atoms in total. The van der Waals surface area contributed by atoms with Gasteiger partial charge in [0.15, 0.2) is 0 Å². The number of nitrogens with zero attached hydrogens (tertiary/aromatic N) is 1. The number of hydrogen-bond acceptors (Lipinski definition) is 4. The van der Waals surface area contributed by atoms with Crippen LogP contribution in [-0.2, 0) is 6.54 Å². The molecule has 1 heterocycles. The van der Waals surface area contributed by atoms with Gasteiger partial charge >= 0.3 is 0 Å². The topological polar surface area (TPSA) is 45.2 Å². The molecule has 0 aliphatic carbocycles. The number of aromatic hydroxyl groups is 1. The van der Waals surface area contributed by atoms with E-state index in [1.54, 1.807) is 23.5 Å². The van der Waals surface area contributed by atoms with E-state index < -0.39 is 0 Å². The molecule has 0 fully saturated rings. The molecule has 2 N–H and O–H groups in total. The third-order valence-electron chi connectivity index (χ3n) is 2.52. The molecule has 0 saturated heterocycles. The quantitative estimate of drug-likeness (QED) is 0.869. The lowest BCUT2D eigenvalue weighted by Crippen LogP contribution is -2.18. The molecule has 0 spiro atoms. The second kappa shape index (κ2) is 5.98. The van der Waals surface area contributed by atoms with Gasteiger partial charge in [-0.2, -0.15) is 0 Å². The Labute approximate surface area is 112 Å². The summed E-state index contributed by atoms with van der Waals surface area (Å²) in [4.78, 5) is 5.65. The molecule has 0 aliphatic heterocycles. The minimum atomic E-state index is 0.286. The van der Waals surface area contributed by atoms with Crippen molar-refractivity contribution in [2.24, 2.45) is 5.92 Å². The number of thiazole rings is 1. The summed E-state index contributed by atoms with van der Waals surface area (Å²) in [5.74, 6) is 0.948. The second-order valence-corrected chi connectivity index (χ2v) is 5.82. The van der Waals surface area contributed by atoms with Crippen LogP contribution in [0.2, 0.25) is 0 Å². The fourth-order valence-electron chi connectivity index (χ4n) is 1.61. The normalized spacial score (nSPS) is 11.1. The number of rotatable bonds is 5. The molecule has 0 aliphatic rings. The lowest BCUT2D eigenvalue weighted by Gasteiger charge is -2.04. The molecule has 0 radical (unpaired) electrons. The molecule has 96 valence electrons. The summed E-state index contributed by atoms with van der Waals surface area (Å²) < 4.78 is 0. The van der Waals surface area contributed by atoms with Gasteiger partial charge in [0.25, 0.3) is 0 Å². The van der Waals surface area contributed by atoms with Gasteiger partial charge in [-0.15, -0.1) is 11.3 Å². The van der Waals surface area contributed by atoms with Crippen LogP contribution in [0.3, 0.4) is 0 Å². The number of phenolic OH excluding ortho intramolecular Hbond substituents is 1. The molecule has 2 aromatic rings. The highest BCUT2D eigenvalue weighted by molar-refractivity contribution is 7.15. The Morgan fingerprint density at radius 3 is 2.67 bits per heavy atom. The van der Waals surface area contributed by atoms with Gasteiger partial charge in [-0.05, 0) is 36.7 Å². The van der Waals surface area contributed by atoms with E-state index in [9.17, 15) is 5.11 Å². The van der Waals surface area contributed by atoms with Crippen LogP contribution in [0.15, 0.2) is 30.5 Å². The van der Waals surface area contributed by atoms with Gasteiger partial charge in [-0.1, -0.05) is 13.8 Å². The predicted octanol–water partition coefficient (Wildman–Crippen LogP) is 3.26. The molecule has 2 rings (SSSR count). The average molecular weight is 262 g/mol. The Balaban J connectivity index is 1.99. The first-order valence-electron chi connectivity index (χ1n) is 6.10. The van der Waals surface area contributed by atoms with E-state index in [0.717, 1.165) is 23.7 Å². The van der Waals surface area contributed by atoms with Gasteiger partial charge in [-0.25, -0.2) is 4.98 Å². The van der Waals surface area contributed by atoms with E-state index in [-0.39, 0.29) is 5.75 Å². The first kappa shape index (κ1) is 13.1. The van der Waals surface area contributed by atoms with Crippen LogP contribution >= 0.6 is 11.3 Å². The van der Waals surface area contributed by atoms with E-state index in [0.29, 0.717) is 5.92 Å². The highest BCUT2D eigenvalue weighted by atomic mass is 32.1. The smallest absolute Gasteiger partial charge is 0.123 e. The molecule has 4 heteroatoms. The zero-order valence-electron chi connectivity index (χ0n) is 10.7. The summed E-state index contributed by atoms with van der Waals surface area (Å²) in [6.45, 7) is 6.28. The third kappa shape index (κ3) is 3.55. The minimum Gasteiger partial charge on any atom is -0.508 e. The highest BCUT2D eigenvalue weighted by Gasteiger charge is 2.04. The molecule has 1 aromatic heterocycles. The molecule has 0 amide bonds. The standard InChI is InChI=1S/C14H18N2OS/c1-10(2)7-15-8-13-9-16-14(18-13)11-3-5-12(17)6-4-11/h3-6,9-10,15,17H,7-8H2,1-2H3. The van der Waals surface area contributed by atoms with Crippen molar-refractivity contribution in [3.05, 3.63) is 35.3 Å². The van der Waals surface area contributed by atoms with Gasteiger partial charge in [0.05, 0.1) is 0 Å². The van der Waals surface area contributed by atoms with Crippen molar-refractivity contribution in [3.8, 4) is 16.3 Å². The fraction of sp³-hybridized carbons (Fsp3) is 0.357. The molecule has 1 aromatic carbocycles. The van der Waals surface area contributed by atoms with Crippen molar-refractivity contribution in [1.29, 1.82) is 0 Å². The van der Waals surface area contributed by atoms with Crippen LogP contribution in [0.1, 0.15) is 18.7 Å². The first-order chi connectivity index (χ1) is 8.65. The Morgan fingerprint density at radius 2 is 2.00 bits per heavy atom. The summed E-state index contributed by atoms with van der Waals surface area (Å²) in [7, 11) is 0. The van der Waals surface area contributed by atoms with Crippen molar-refractivity contribution >= 4 is 11.3 Å². The summed E-state index contributed by atoms with van der Waals surface area (Å²) >= 11 is 1.69. The Morgan fingerprint density at radius 1 is 1.28 bits per heavy atom. The lowest BCUT2D eigenvalue weighted by molar-refractivity contribution is 0.475. The van der Waals surface area contributed by atoms with E-state index in [1.165, 1.54) is 4.88 Å².